The number of amides is 1. The molecule has 86 valence electrons. The molecule has 0 atom stereocenters. The lowest BCUT2D eigenvalue weighted by molar-refractivity contribution is 0.0153. The first-order valence-corrected chi connectivity index (χ1v) is 5.21. The van der Waals surface area contributed by atoms with Gasteiger partial charge in [-0.25, -0.2) is 9.80 Å². The fraction of sp³-hybridized carbons (Fsp3) is 0.364. The van der Waals surface area contributed by atoms with Crippen molar-refractivity contribution in [3.05, 3.63) is 30.3 Å². The zero-order chi connectivity index (χ0) is 11.2. The molecule has 1 fully saturated rings. The average molecular weight is 222 g/mol. The zero-order valence-corrected chi connectivity index (χ0v) is 8.89. The molecule has 1 saturated heterocycles. The SMILES string of the molecule is O=C(NN1CCOCC1)Oc1ccccc1. The van der Waals surface area contributed by atoms with E-state index in [1.165, 1.54) is 0 Å². The summed E-state index contributed by atoms with van der Waals surface area (Å²) in [6, 6.07) is 8.97. The minimum Gasteiger partial charge on any atom is -0.409 e. The first kappa shape index (κ1) is 10.9. The molecule has 1 aromatic rings. The number of benzene rings is 1. The highest BCUT2D eigenvalue weighted by Crippen LogP contribution is 2.08. The number of hydrogen-bond acceptors (Lipinski definition) is 4. The minimum absolute atomic E-state index is 0.465. The maximum Gasteiger partial charge on any atom is 0.427 e. The topological polar surface area (TPSA) is 50.8 Å². The molecule has 1 N–H and O–H groups in total. The average Bonchev–Trinajstić information content (AvgIpc) is 2.31. The standard InChI is InChI=1S/C11H14N2O3/c14-11(12-13-6-8-15-9-7-13)16-10-4-2-1-3-5-10/h1-5H,6-9H2,(H,12,14). The summed E-state index contributed by atoms with van der Waals surface area (Å²) in [6.07, 6.45) is -0.465. The Labute approximate surface area is 93.9 Å². The van der Waals surface area contributed by atoms with E-state index in [4.69, 9.17) is 9.47 Å². The second-order valence-electron chi connectivity index (χ2n) is 3.41. The van der Waals surface area contributed by atoms with Crippen LogP contribution in [0.1, 0.15) is 0 Å². The Bertz CT molecular complexity index is 336. The third kappa shape index (κ3) is 3.22. The second-order valence-corrected chi connectivity index (χ2v) is 3.41. The largest absolute Gasteiger partial charge is 0.427 e. The van der Waals surface area contributed by atoms with Crippen LogP contribution in [0.2, 0.25) is 0 Å². The van der Waals surface area contributed by atoms with E-state index in [9.17, 15) is 4.79 Å². The number of para-hydroxylation sites is 1. The van der Waals surface area contributed by atoms with Crippen molar-refractivity contribution in [2.24, 2.45) is 0 Å². The van der Waals surface area contributed by atoms with Gasteiger partial charge in [-0.2, -0.15) is 0 Å². The molecule has 1 aliphatic heterocycles. The zero-order valence-electron chi connectivity index (χ0n) is 8.89. The van der Waals surface area contributed by atoms with E-state index in [0.717, 1.165) is 0 Å². The molecule has 1 aromatic carbocycles. The summed E-state index contributed by atoms with van der Waals surface area (Å²) >= 11 is 0. The van der Waals surface area contributed by atoms with Crippen LogP contribution in [0.25, 0.3) is 0 Å². The van der Waals surface area contributed by atoms with Gasteiger partial charge in [0.25, 0.3) is 0 Å². The van der Waals surface area contributed by atoms with Gasteiger partial charge in [0, 0.05) is 13.1 Å². The van der Waals surface area contributed by atoms with Crippen molar-refractivity contribution in [1.82, 2.24) is 10.4 Å². The maximum absolute atomic E-state index is 11.5. The fourth-order valence-electron chi connectivity index (χ4n) is 1.42. The van der Waals surface area contributed by atoms with Crippen molar-refractivity contribution in [2.75, 3.05) is 26.3 Å². The van der Waals surface area contributed by atoms with Crippen molar-refractivity contribution < 1.29 is 14.3 Å². The quantitative estimate of drug-likeness (QED) is 0.811. The molecule has 0 aliphatic carbocycles. The van der Waals surface area contributed by atoms with Crippen LogP contribution < -0.4 is 10.2 Å². The maximum atomic E-state index is 11.5. The number of nitrogens with zero attached hydrogens (tertiary/aromatic N) is 1. The molecule has 5 nitrogen and oxygen atoms in total. The number of hydrogen-bond donors (Lipinski definition) is 1. The molecule has 0 spiro atoms. The number of ether oxygens (including phenoxy) is 2. The third-order valence-electron chi connectivity index (χ3n) is 2.21. The lowest BCUT2D eigenvalue weighted by atomic mass is 10.3. The molecule has 2 rings (SSSR count). The van der Waals surface area contributed by atoms with Gasteiger partial charge in [0.05, 0.1) is 13.2 Å². The predicted molar refractivity (Wildman–Crippen MR) is 58.0 cm³/mol. The summed E-state index contributed by atoms with van der Waals surface area (Å²) in [4.78, 5) is 11.5. The van der Waals surface area contributed by atoms with Gasteiger partial charge in [-0.1, -0.05) is 18.2 Å². The Balaban J connectivity index is 1.80. The Morgan fingerprint density at radius 1 is 1.25 bits per heavy atom. The van der Waals surface area contributed by atoms with Gasteiger partial charge < -0.3 is 9.47 Å². The summed E-state index contributed by atoms with van der Waals surface area (Å²) < 4.78 is 10.3. The molecular formula is C11H14N2O3. The van der Waals surface area contributed by atoms with Crippen molar-refractivity contribution in [1.29, 1.82) is 0 Å². The number of rotatable bonds is 2. The predicted octanol–water partition coefficient (Wildman–Crippen LogP) is 1.02. The van der Waals surface area contributed by atoms with Gasteiger partial charge in [-0.05, 0) is 12.1 Å². The van der Waals surface area contributed by atoms with Gasteiger partial charge in [-0.15, -0.1) is 0 Å². The number of morpholine rings is 1. The van der Waals surface area contributed by atoms with Crippen LogP contribution in [0.3, 0.4) is 0 Å². The monoisotopic (exact) mass is 222 g/mol. The molecule has 1 heterocycles. The van der Waals surface area contributed by atoms with E-state index >= 15 is 0 Å². The van der Waals surface area contributed by atoms with Crippen LogP contribution in [-0.2, 0) is 4.74 Å². The molecule has 0 radical (unpaired) electrons. The van der Waals surface area contributed by atoms with Crippen LogP contribution >= 0.6 is 0 Å². The number of hydrazine groups is 1. The normalized spacial score (nSPS) is 16.8. The first-order chi connectivity index (χ1) is 7.84. The highest BCUT2D eigenvalue weighted by Gasteiger charge is 2.13. The van der Waals surface area contributed by atoms with Gasteiger partial charge in [-0.3, -0.25) is 5.43 Å². The van der Waals surface area contributed by atoms with Crippen LogP contribution in [-0.4, -0.2) is 37.4 Å². The Morgan fingerprint density at radius 3 is 2.62 bits per heavy atom. The summed E-state index contributed by atoms with van der Waals surface area (Å²) in [5.74, 6) is 0.535. The van der Waals surface area contributed by atoms with Crippen LogP contribution in [0, 0.1) is 0 Å². The smallest absolute Gasteiger partial charge is 0.409 e. The van der Waals surface area contributed by atoms with Gasteiger partial charge in [0.15, 0.2) is 0 Å². The molecule has 0 saturated carbocycles. The lowest BCUT2D eigenvalue weighted by Crippen LogP contribution is -2.49. The number of carbonyl (C=O) groups is 1. The lowest BCUT2D eigenvalue weighted by Gasteiger charge is -2.26. The molecule has 0 aromatic heterocycles. The summed E-state index contributed by atoms with van der Waals surface area (Å²) in [7, 11) is 0. The van der Waals surface area contributed by atoms with E-state index in [1.54, 1.807) is 17.1 Å². The van der Waals surface area contributed by atoms with Crippen molar-refractivity contribution >= 4 is 6.09 Å². The van der Waals surface area contributed by atoms with Crippen molar-refractivity contribution in [2.45, 2.75) is 0 Å². The van der Waals surface area contributed by atoms with Crippen LogP contribution in [0.4, 0.5) is 4.79 Å². The van der Waals surface area contributed by atoms with Gasteiger partial charge >= 0.3 is 6.09 Å². The molecule has 1 aliphatic rings. The highest BCUT2D eigenvalue weighted by atomic mass is 16.6. The summed E-state index contributed by atoms with van der Waals surface area (Å²) in [5, 5.41) is 1.79. The fourth-order valence-corrected chi connectivity index (χ4v) is 1.42. The highest BCUT2D eigenvalue weighted by molar-refractivity contribution is 5.69. The first-order valence-electron chi connectivity index (χ1n) is 5.21. The number of nitrogens with one attached hydrogen (secondary N) is 1. The summed E-state index contributed by atoms with van der Waals surface area (Å²) in [6.45, 7) is 2.63. The third-order valence-corrected chi connectivity index (χ3v) is 2.21. The van der Waals surface area contributed by atoms with Crippen LogP contribution in [0.15, 0.2) is 30.3 Å². The van der Waals surface area contributed by atoms with E-state index < -0.39 is 6.09 Å². The molecule has 0 unspecified atom stereocenters. The Kier molecular flexibility index (Phi) is 3.74. The van der Waals surface area contributed by atoms with Gasteiger partial charge in [0.1, 0.15) is 5.75 Å². The second kappa shape index (κ2) is 5.48. The van der Waals surface area contributed by atoms with E-state index in [2.05, 4.69) is 5.43 Å². The minimum atomic E-state index is -0.465. The summed E-state index contributed by atoms with van der Waals surface area (Å²) in [5.41, 5.74) is 2.66. The van der Waals surface area contributed by atoms with E-state index in [-0.39, 0.29) is 0 Å². The molecule has 16 heavy (non-hydrogen) atoms. The molecule has 0 bridgehead atoms. The Morgan fingerprint density at radius 2 is 1.94 bits per heavy atom. The Hall–Kier alpha value is -1.59. The van der Waals surface area contributed by atoms with Crippen molar-refractivity contribution in [3.8, 4) is 5.75 Å². The molecular weight excluding hydrogens is 208 g/mol. The van der Waals surface area contributed by atoms with E-state index in [1.807, 2.05) is 18.2 Å². The number of carbonyl (C=O) groups excluding carboxylic acids is 1. The van der Waals surface area contributed by atoms with E-state index in [0.29, 0.717) is 32.1 Å². The van der Waals surface area contributed by atoms with Crippen LogP contribution in [0.5, 0.6) is 5.75 Å². The van der Waals surface area contributed by atoms with Gasteiger partial charge in [0.2, 0.25) is 0 Å². The van der Waals surface area contributed by atoms with Crippen molar-refractivity contribution in [3.63, 3.8) is 0 Å². The molecule has 5 heteroatoms. The molecule has 1 amide bonds.